The first kappa shape index (κ1) is 19.5. The van der Waals surface area contributed by atoms with E-state index in [1.807, 2.05) is 26.0 Å². The van der Waals surface area contributed by atoms with Gasteiger partial charge in [-0.25, -0.2) is 4.39 Å². The van der Waals surface area contributed by atoms with Gasteiger partial charge in [-0.05, 0) is 43.7 Å². The van der Waals surface area contributed by atoms with Crippen LogP contribution in [0.5, 0.6) is 5.75 Å². The normalized spacial score (nSPS) is 11.9. The molecule has 0 heterocycles. The van der Waals surface area contributed by atoms with Crippen molar-refractivity contribution in [1.29, 1.82) is 0 Å². The van der Waals surface area contributed by atoms with Crippen molar-refractivity contribution in [2.75, 3.05) is 19.0 Å². The molecule has 0 unspecified atom stereocenters. The minimum absolute atomic E-state index is 0.0229. The summed E-state index contributed by atoms with van der Waals surface area (Å²) >= 11 is 11.8. The number of methoxy groups -OCH3 is 1. The molecule has 3 N–H and O–H groups in total. The molecule has 2 aromatic carbocycles. The molecule has 134 valence electrons. The molecule has 0 spiro atoms. The summed E-state index contributed by atoms with van der Waals surface area (Å²) in [5.74, 6) is -0.133. The summed E-state index contributed by atoms with van der Waals surface area (Å²) in [6.45, 7) is 3.92. The van der Waals surface area contributed by atoms with Gasteiger partial charge >= 0.3 is 0 Å². The Morgan fingerprint density at radius 1 is 1.28 bits per heavy atom. The highest BCUT2D eigenvalue weighted by molar-refractivity contribution is 6.35. The van der Waals surface area contributed by atoms with Crippen molar-refractivity contribution >= 4 is 34.8 Å². The van der Waals surface area contributed by atoms with Crippen LogP contribution in [0.15, 0.2) is 30.3 Å². The van der Waals surface area contributed by atoms with Crippen LogP contribution >= 0.6 is 23.2 Å². The molecular weight excluding hydrogens is 366 g/mol. The van der Waals surface area contributed by atoms with Gasteiger partial charge in [-0.1, -0.05) is 29.3 Å². The van der Waals surface area contributed by atoms with Crippen LogP contribution in [0.25, 0.3) is 0 Å². The maximum absolute atomic E-state index is 13.6. The molecular formula is C18H20Cl2FN2O2+. The van der Waals surface area contributed by atoms with E-state index >= 15 is 0 Å². The van der Waals surface area contributed by atoms with E-state index in [2.05, 4.69) is 5.32 Å². The molecule has 1 atom stereocenters. The number of hydrogen-bond donors (Lipinski definition) is 2. The first-order valence-corrected chi connectivity index (χ1v) is 8.49. The van der Waals surface area contributed by atoms with Crippen LogP contribution in [0.1, 0.15) is 24.1 Å². The van der Waals surface area contributed by atoms with Gasteiger partial charge in [-0.3, -0.25) is 4.79 Å². The lowest BCUT2D eigenvalue weighted by molar-refractivity contribution is -0.682. The molecule has 25 heavy (non-hydrogen) atoms. The number of carbonyl (C=O) groups is 1. The summed E-state index contributed by atoms with van der Waals surface area (Å²) in [5, 5.41) is 4.94. The van der Waals surface area contributed by atoms with Crippen LogP contribution in [-0.2, 0) is 4.79 Å². The third-order valence-corrected chi connectivity index (χ3v) is 4.43. The molecule has 1 amide bonds. The highest BCUT2D eigenvalue weighted by Gasteiger charge is 2.18. The van der Waals surface area contributed by atoms with E-state index in [1.165, 1.54) is 12.1 Å². The van der Waals surface area contributed by atoms with E-state index in [0.29, 0.717) is 22.0 Å². The molecule has 2 aromatic rings. The van der Waals surface area contributed by atoms with Gasteiger partial charge in [0, 0.05) is 5.56 Å². The molecule has 0 bridgehead atoms. The Kier molecular flexibility index (Phi) is 6.64. The van der Waals surface area contributed by atoms with Gasteiger partial charge in [0.15, 0.2) is 6.54 Å². The quantitative estimate of drug-likeness (QED) is 0.744. The van der Waals surface area contributed by atoms with Crippen molar-refractivity contribution in [3.05, 3.63) is 57.3 Å². The van der Waals surface area contributed by atoms with Gasteiger partial charge in [0.05, 0.1) is 22.8 Å². The Morgan fingerprint density at radius 2 is 2.00 bits per heavy atom. The number of amides is 1. The fourth-order valence-corrected chi connectivity index (χ4v) is 2.97. The SMILES string of the molecule is COc1ccc(C)cc1NC(=O)C[NH2+][C@@H](C)c1cc(F)c(Cl)cc1Cl. The number of nitrogens with two attached hydrogens (primary N) is 1. The Morgan fingerprint density at radius 3 is 2.68 bits per heavy atom. The third-order valence-electron chi connectivity index (χ3n) is 3.82. The minimum Gasteiger partial charge on any atom is -0.495 e. The van der Waals surface area contributed by atoms with E-state index in [0.717, 1.165) is 5.56 Å². The summed E-state index contributed by atoms with van der Waals surface area (Å²) in [6.07, 6.45) is 0. The monoisotopic (exact) mass is 385 g/mol. The maximum Gasteiger partial charge on any atom is 0.279 e. The van der Waals surface area contributed by atoms with Crippen LogP contribution in [0.3, 0.4) is 0 Å². The molecule has 0 saturated carbocycles. The summed E-state index contributed by atoms with van der Waals surface area (Å²) in [5.41, 5.74) is 2.21. The van der Waals surface area contributed by atoms with Gasteiger partial charge in [0.2, 0.25) is 0 Å². The van der Waals surface area contributed by atoms with Crippen molar-refractivity contribution in [2.45, 2.75) is 19.9 Å². The second kappa shape index (κ2) is 8.52. The van der Waals surface area contributed by atoms with Gasteiger partial charge in [-0.2, -0.15) is 0 Å². The first-order valence-electron chi connectivity index (χ1n) is 7.74. The van der Waals surface area contributed by atoms with Crippen LogP contribution in [-0.4, -0.2) is 19.6 Å². The molecule has 0 fully saturated rings. The lowest BCUT2D eigenvalue weighted by Crippen LogP contribution is -2.86. The smallest absolute Gasteiger partial charge is 0.279 e. The topological polar surface area (TPSA) is 54.9 Å². The van der Waals surface area contributed by atoms with Crippen LogP contribution in [0, 0.1) is 12.7 Å². The van der Waals surface area contributed by atoms with Gasteiger partial charge in [-0.15, -0.1) is 0 Å². The number of quaternary nitrogens is 1. The highest BCUT2D eigenvalue weighted by atomic mass is 35.5. The van der Waals surface area contributed by atoms with E-state index in [4.69, 9.17) is 27.9 Å². The second-order valence-corrected chi connectivity index (χ2v) is 6.58. The molecule has 4 nitrogen and oxygen atoms in total. The Hall–Kier alpha value is -1.82. The third kappa shape index (κ3) is 5.08. The van der Waals surface area contributed by atoms with Crippen LogP contribution < -0.4 is 15.4 Å². The van der Waals surface area contributed by atoms with Crippen molar-refractivity contribution < 1.29 is 19.2 Å². The summed E-state index contributed by atoms with van der Waals surface area (Å²) in [4.78, 5) is 12.2. The van der Waals surface area contributed by atoms with Gasteiger partial charge in [0.1, 0.15) is 17.6 Å². The number of anilines is 1. The maximum atomic E-state index is 13.6. The van der Waals surface area contributed by atoms with Crippen molar-refractivity contribution in [3.8, 4) is 5.75 Å². The largest absolute Gasteiger partial charge is 0.495 e. The molecule has 0 aliphatic carbocycles. The number of ether oxygens (including phenoxy) is 1. The summed E-state index contributed by atoms with van der Waals surface area (Å²) in [6, 6.07) is 8.01. The Balaban J connectivity index is 2.00. The number of carbonyl (C=O) groups excluding carboxylic acids is 1. The first-order chi connectivity index (χ1) is 11.8. The number of aryl methyl sites for hydroxylation is 1. The van der Waals surface area contributed by atoms with Crippen molar-refractivity contribution in [2.24, 2.45) is 0 Å². The zero-order chi connectivity index (χ0) is 18.6. The number of nitrogens with one attached hydrogen (secondary N) is 1. The predicted octanol–water partition coefficient (Wildman–Crippen LogP) is 3.71. The molecule has 0 aromatic heterocycles. The molecule has 2 rings (SSSR count). The molecule has 0 aliphatic rings. The number of halogens is 3. The van der Waals surface area contributed by atoms with Gasteiger partial charge < -0.3 is 15.4 Å². The zero-order valence-corrected chi connectivity index (χ0v) is 15.7. The molecule has 0 saturated heterocycles. The lowest BCUT2D eigenvalue weighted by atomic mass is 10.1. The standard InChI is InChI=1S/C18H19Cl2FN2O2/c1-10-4-5-17(25-3)16(6-10)23-18(24)9-22-11(2)12-7-15(21)14(20)8-13(12)19/h4-8,11,22H,9H2,1-3H3,(H,23,24)/p+1/t11-/m0/s1. The lowest BCUT2D eigenvalue weighted by Gasteiger charge is -2.14. The van der Waals surface area contributed by atoms with E-state index in [9.17, 15) is 9.18 Å². The zero-order valence-electron chi connectivity index (χ0n) is 14.2. The average molecular weight is 386 g/mol. The average Bonchev–Trinajstić information content (AvgIpc) is 2.56. The van der Waals surface area contributed by atoms with Crippen LogP contribution in [0.2, 0.25) is 10.0 Å². The molecule has 7 heteroatoms. The number of rotatable bonds is 6. The number of hydrogen-bond acceptors (Lipinski definition) is 2. The molecule has 0 radical (unpaired) electrons. The predicted molar refractivity (Wildman–Crippen MR) is 98.0 cm³/mol. The fourth-order valence-electron chi connectivity index (χ4n) is 2.42. The Bertz CT molecular complexity index is 784. The van der Waals surface area contributed by atoms with Crippen molar-refractivity contribution in [3.63, 3.8) is 0 Å². The van der Waals surface area contributed by atoms with E-state index < -0.39 is 5.82 Å². The minimum atomic E-state index is -0.532. The van der Waals surface area contributed by atoms with E-state index in [1.54, 1.807) is 18.5 Å². The number of benzene rings is 2. The fraction of sp³-hybridized carbons (Fsp3) is 0.278. The Labute approximate surface area is 156 Å². The summed E-state index contributed by atoms with van der Waals surface area (Å²) < 4.78 is 18.9. The van der Waals surface area contributed by atoms with E-state index in [-0.39, 0.29) is 23.5 Å². The van der Waals surface area contributed by atoms with Crippen molar-refractivity contribution in [1.82, 2.24) is 0 Å². The molecule has 0 aliphatic heterocycles. The highest BCUT2D eigenvalue weighted by Crippen LogP contribution is 2.27. The summed E-state index contributed by atoms with van der Waals surface area (Å²) in [7, 11) is 1.55. The van der Waals surface area contributed by atoms with Gasteiger partial charge in [0.25, 0.3) is 5.91 Å². The van der Waals surface area contributed by atoms with Crippen LogP contribution in [0.4, 0.5) is 10.1 Å². The second-order valence-electron chi connectivity index (χ2n) is 5.77.